The number of aromatic nitrogens is 2. The molecule has 0 radical (unpaired) electrons. The van der Waals surface area contributed by atoms with E-state index in [4.69, 9.17) is 0 Å². The molecule has 1 aromatic carbocycles. The fraction of sp³-hybridized carbons (Fsp3) is 0.357. The van der Waals surface area contributed by atoms with Crippen LogP contribution in [-0.4, -0.2) is 53.4 Å². The Morgan fingerprint density at radius 3 is 2.75 bits per heavy atom. The van der Waals surface area contributed by atoms with E-state index in [2.05, 4.69) is 20.4 Å². The van der Waals surface area contributed by atoms with Gasteiger partial charge in [-0.3, -0.25) is 0 Å². The molecule has 0 saturated carbocycles. The molecule has 0 saturated heterocycles. The van der Waals surface area contributed by atoms with Crippen molar-refractivity contribution in [2.24, 2.45) is 0 Å². The van der Waals surface area contributed by atoms with Gasteiger partial charge in [-0.25, -0.2) is 4.79 Å². The van der Waals surface area contributed by atoms with Crippen molar-refractivity contribution in [3.8, 4) is 0 Å². The van der Waals surface area contributed by atoms with Gasteiger partial charge in [0, 0.05) is 11.9 Å². The van der Waals surface area contributed by atoms with Crippen LogP contribution < -0.4 is 5.32 Å². The number of carboxylic acids is 1. The first-order chi connectivity index (χ1) is 9.59. The summed E-state index contributed by atoms with van der Waals surface area (Å²) in [6.07, 6.45) is 0.919. The summed E-state index contributed by atoms with van der Waals surface area (Å²) in [7, 11) is 4.01. The lowest BCUT2D eigenvalue weighted by molar-refractivity contribution is 0.0690. The van der Waals surface area contributed by atoms with Gasteiger partial charge >= 0.3 is 5.97 Å². The van der Waals surface area contributed by atoms with Crippen molar-refractivity contribution >= 4 is 22.6 Å². The van der Waals surface area contributed by atoms with Crippen molar-refractivity contribution in [2.75, 3.05) is 32.5 Å². The maximum atomic E-state index is 11.3. The van der Waals surface area contributed by atoms with Crippen LogP contribution in [0.4, 0.5) is 5.69 Å². The summed E-state index contributed by atoms with van der Waals surface area (Å²) >= 11 is 0. The summed E-state index contributed by atoms with van der Waals surface area (Å²) < 4.78 is 0. The molecular formula is C14H18N4O2. The second kappa shape index (κ2) is 6.29. The van der Waals surface area contributed by atoms with Crippen molar-refractivity contribution < 1.29 is 9.90 Å². The molecule has 6 heteroatoms. The first-order valence-corrected chi connectivity index (χ1v) is 6.47. The Bertz CT molecular complexity index is 613. The molecule has 0 aliphatic carbocycles. The van der Waals surface area contributed by atoms with Gasteiger partial charge in [-0.05, 0) is 33.1 Å². The van der Waals surface area contributed by atoms with E-state index < -0.39 is 5.97 Å². The number of nitrogens with zero attached hydrogens (tertiary/aromatic N) is 3. The maximum Gasteiger partial charge on any atom is 0.358 e. The van der Waals surface area contributed by atoms with E-state index in [1.807, 2.05) is 38.4 Å². The zero-order valence-corrected chi connectivity index (χ0v) is 11.6. The van der Waals surface area contributed by atoms with E-state index in [-0.39, 0.29) is 5.69 Å². The van der Waals surface area contributed by atoms with E-state index in [0.29, 0.717) is 17.7 Å². The van der Waals surface area contributed by atoms with E-state index in [9.17, 15) is 9.90 Å². The third-order valence-electron chi connectivity index (χ3n) is 2.95. The van der Waals surface area contributed by atoms with E-state index in [0.717, 1.165) is 18.4 Å². The summed E-state index contributed by atoms with van der Waals surface area (Å²) in [6, 6.07) is 7.39. The summed E-state index contributed by atoms with van der Waals surface area (Å²) in [4.78, 5) is 13.3. The summed E-state index contributed by atoms with van der Waals surface area (Å²) in [5.41, 5.74) is 1.20. The van der Waals surface area contributed by atoms with Crippen molar-refractivity contribution in [3.05, 3.63) is 30.0 Å². The highest BCUT2D eigenvalue weighted by Gasteiger charge is 2.15. The van der Waals surface area contributed by atoms with Gasteiger partial charge in [0.15, 0.2) is 5.69 Å². The van der Waals surface area contributed by atoms with Crippen LogP contribution in [0.3, 0.4) is 0 Å². The van der Waals surface area contributed by atoms with Gasteiger partial charge in [-0.2, -0.15) is 0 Å². The largest absolute Gasteiger partial charge is 0.476 e. The highest BCUT2D eigenvalue weighted by molar-refractivity contribution is 6.02. The minimum absolute atomic E-state index is 0.0337. The molecule has 0 unspecified atom stereocenters. The number of carbonyl (C=O) groups is 1. The van der Waals surface area contributed by atoms with Crippen molar-refractivity contribution in [1.82, 2.24) is 15.1 Å². The first-order valence-electron chi connectivity index (χ1n) is 6.47. The van der Waals surface area contributed by atoms with Gasteiger partial charge in [0.25, 0.3) is 0 Å². The monoisotopic (exact) mass is 274 g/mol. The maximum absolute atomic E-state index is 11.3. The molecule has 106 valence electrons. The highest BCUT2D eigenvalue weighted by atomic mass is 16.4. The van der Waals surface area contributed by atoms with Crippen LogP contribution in [0.5, 0.6) is 0 Å². The molecule has 6 nitrogen and oxygen atoms in total. The minimum Gasteiger partial charge on any atom is -0.476 e. The number of rotatable bonds is 6. The summed E-state index contributed by atoms with van der Waals surface area (Å²) in [5, 5.41) is 20.9. The van der Waals surface area contributed by atoms with Gasteiger partial charge in [-0.1, -0.05) is 18.2 Å². The molecule has 0 aliphatic heterocycles. The van der Waals surface area contributed by atoms with Gasteiger partial charge in [0.1, 0.15) is 0 Å². The van der Waals surface area contributed by atoms with Gasteiger partial charge in [0.2, 0.25) is 0 Å². The minimum atomic E-state index is -1.07. The molecule has 1 aromatic heterocycles. The molecule has 2 aromatic rings. The molecule has 0 atom stereocenters. The number of hydrogen-bond donors (Lipinski definition) is 2. The first kappa shape index (κ1) is 14.2. The molecule has 1 heterocycles. The number of fused-ring (bicyclic) bond motifs is 1. The number of hydrogen-bond acceptors (Lipinski definition) is 5. The number of benzene rings is 1. The highest BCUT2D eigenvalue weighted by Crippen LogP contribution is 2.24. The molecular weight excluding hydrogens is 256 g/mol. The summed E-state index contributed by atoms with van der Waals surface area (Å²) in [6.45, 7) is 1.62. The standard InChI is InChI=1S/C14H18N4O2/c1-18(2)9-5-8-15-12-10-6-3-4-7-11(10)16-17-13(12)14(19)20/h3-4,6-7H,5,8-9H2,1-2H3,(H,15,16)(H,19,20). The third kappa shape index (κ3) is 3.21. The van der Waals surface area contributed by atoms with Gasteiger partial charge in [0.05, 0.1) is 11.2 Å². The van der Waals surface area contributed by atoms with Crippen molar-refractivity contribution in [1.29, 1.82) is 0 Å². The fourth-order valence-electron chi connectivity index (χ4n) is 1.99. The Morgan fingerprint density at radius 1 is 1.30 bits per heavy atom. The number of carboxylic acid groups (broad SMARTS) is 1. The van der Waals surface area contributed by atoms with Gasteiger partial charge < -0.3 is 15.3 Å². The number of anilines is 1. The molecule has 0 bridgehead atoms. The topological polar surface area (TPSA) is 78.4 Å². The quantitative estimate of drug-likeness (QED) is 0.780. The van der Waals surface area contributed by atoms with E-state index in [1.165, 1.54) is 0 Å². The van der Waals surface area contributed by atoms with E-state index >= 15 is 0 Å². The smallest absolute Gasteiger partial charge is 0.358 e. The molecule has 2 rings (SSSR count). The second-order valence-corrected chi connectivity index (χ2v) is 4.83. The average Bonchev–Trinajstić information content (AvgIpc) is 2.42. The van der Waals surface area contributed by atoms with Crippen LogP contribution in [0.2, 0.25) is 0 Å². The van der Waals surface area contributed by atoms with Crippen molar-refractivity contribution in [2.45, 2.75) is 6.42 Å². The third-order valence-corrected chi connectivity index (χ3v) is 2.95. The van der Waals surface area contributed by atoms with Crippen LogP contribution >= 0.6 is 0 Å². The lowest BCUT2D eigenvalue weighted by Gasteiger charge is -2.13. The Labute approximate surface area is 117 Å². The normalized spacial score (nSPS) is 10.9. The summed E-state index contributed by atoms with van der Waals surface area (Å²) in [5.74, 6) is -1.07. The molecule has 0 aliphatic rings. The molecule has 0 spiro atoms. The Hall–Kier alpha value is -2.21. The lowest BCUT2D eigenvalue weighted by atomic mass is 10.1. The second-order valence-electron chi connectivity index (χ2n) is 4.83. The van der Waals surface area contributed by atoms with Crippen LogP contribution in [0.25, 0.3) is 10.9 Å². The lowest BCUT2D eigenvalue weighted by Crippen LogP contribution is -2.17. The predicted octanol–water partition coefficient (Wildman–Crippen LogP) is 1.69. The molecule has 2 N–H and O–H groups in total. The van der Waals surface area contributed by atoms with Crippen LogP contribution in [0.15, 0.2) is 24.3 Å². The zero-order chi connectivity index (χ0) is 14.5. The Kier molecular flexibility index (Phi) is 4.47. The van der Waals surface area contributed by atoms with Crippen LogP contribution in [-0.2, 0) is 0 Å². The number of nitrogens with one attached hydrogen (secondary N) is 1. The predicted molar refractivity (Wildman–Crippen MR) is 78.2 cm³/mol. The van der Waals surface area contributed by atoms with Crippen LogP contribution in [0, 0.1) is 0 Å². The zero-order valence-electron chi connectivity index (χ0n) is 11.6. The Morgan fingerprint density at radius 2 is 2.05 bits per heavy atom. The molecule has 0 fully saturated rings. The average molecular weight is 274 g/mol. The van der Waals surface area contributed by atoms with Crippen molar-refractivity contribution in [3.63, 3.8) is 0 Å². The SMILES string of the molecule is CN(C)CCCNc1c(C(=O)O)nnc2ccccc12. The van der Waals surface area contributed by atoms with E-state index in [1.54, 1.807) is 0 Å². The fourth-order valence-corrected chi connectivity index (χ4v) is 1.99. The molecule has 0 amide bonds. The van der Waals surface area contributed by atoms with Gasteiger partial charge in [-0.15, -0.1) is 10.2 Å². The molecule has 20 heavy (non-hydrogen) atoms. The Balaban J connectivity index is 2.28. The number of aromatic carboxylic acids is 1. The van der Waals surface area contributed by atoms with Crippen LogP contribution in [0.1, 0.15) is 16.9 Å².